The molecule has 0 aromatic rings. The van der Waals surface area contributed by atoms with Gasteiger partial charge in [0, 0.05) is 13.2 Å². The number of rotatable bonds is 10. The van der Waals surface area contributed by atoms with Gasteiger partial charge in [-0.3, -0.25) is 0 Å². The van der Waals surface area contributed by atoms with E-state index >= 15 is 0 Å². The van der Waals surface area contributed by atoms with E-state index in [9.17, 15) is 0 Å². The number of nitrogens with zero attached hydrogens (tertiary/aromatic N) is 1. The fourth-order valence-corrected chi connectivity index (χ4v) is 3.38. The van der Waals surface area contributed by atoms with Crippen LogP contribution in [0.1, 0.15) is 27.7 Å². The van der Waals surface area contributed by atoms with Crippen molar-refractivity contribution < 1.29 is 9.47 Å². The maximum atomic E-state index is 5.55. The van der Waals surface area contributed by atoms with E-state index < -0.39 is 0 Å². The highest BCUT2D eigenvalue weighted by Crippen LogP contribution is 1.98. The predicted octanol–water partition coefficient (Wildman–Crippen LogP) is 1.27. The lowest BCUT2D eigenvalue weighted by Crippen LogP contribution is -2.30. The van der Waals surface area contributed by atoms with E-state index in [1.807, 2.05) is 13.8 Å². The van der Waals surface area contributed by atoms with Gasteiger partial charge in [0.2, 0.25) is 0 Å². The Morgan fingerprint density at radius 2 is 1.53 bits per heavy atom. The minimum Gasteiger partial charge on any atom is -0.357 e. The molecule has 0 radical (unpaired) electrons. The maximum absolute atomic E-state index is 5.55. The van der Waals surface area contributed by atoms with Gasteiger partial charge in [0.1, 0.15) is 5.91 Å². The Hall–Kier alpha value is 0.0969. The van der Waals surface area contributed by atoms with Crippen molar-refractivity contribution >= 4 is 9.52 Å². The molecule has 0 atom stereocenters. The van der Waals surface area contributed by atoms with E-state index in [-0.39, 0.29) is 15.4 Å². The second-order valence-corrected chi connectivity index (χ2v) is 5.46. The van der Waals surface area contributed by atoms with Crippen LogP contribution < -0.4 is 0 Å². The smallest absolute Gasteiger partial charge is 0.134 e. The topological polar surface area (TPSA) is 21.7 Å². The fourth-order valence-electron chi connectivity index (χ4n) is 1.61. The van der Waals surface area contributed by atoms with Crippen LogP contribution in [-0.2, 0) is 9.47 Å². The van der Waals surface area contributed by atoms with Gasteiger partial charge in [-0.05, 0) is 39.5 Å². The van der Waals surface area contributed by atoms with Gasteiger partial charge in [0.25, 0.3) is 0 Å². The summed E-state index contributed by atoms with van der Waals surface area (Å²) in [5, 5.41) is 0. The monoisotopic (exact) mass is 233 g/mol. The summed E-state index contributed by atoms with van der Waals surface area (Å²) in [6.45, 7) is 13.5. The Morgan fingerprint density at radius 3 is 1.93 bits per heavy atom. The van der Waals surface area contributed by atoms with Crippen LogP contribution in [0, 0.1) is 0 Å². The summed E-state index contributed by atoms with van der Waals surface area (Å²) in [6, 6.07) is 1.28. The third-order valence-corrected chi connectivity index (χ3v) is 4.18. The van der Waals surface area contributed by atoms with Crippen molar-refractivity contribution in [2.24, 2.45) is 0 Å². The van der Waals surface area contributed by atoms with Crippen LogP contribution >= 0.6 is 0 Å². The Labute approximate surface area is 96.9 Å². The summed E-state index contributed by atoms with van der Waals surface area (Å²) in [5.74, 6) is 0.135. The molecular formula is C11H27NO2Si. The van der Waals surface area contributed by atoms with Gasteiger partial charge < -0.3 is 14.4 Å². The normalized spacial score (nSPS) is 12.4. The largest absolute Gasteiger partial charge is 0.357 e. The van der Waals surface area contributed by atoms with E-state index in [0.717, 1.165) is 26.3 Å². The summed E-state index contributed by atoms with van der Waals surface area (Å²) in [5.41, 5.74) is 0. The van der Waals surface area contributed by atoms with Crippen molar-refractivity contribution in [1.82, 2.24) is 4.90 Å². The summed E-state index contributed by atoms with van der Waals surface area (Å²) in [6.07, 6.45) is 0. The first kappa shape index (κ1) is 15.1. The zero-order valence-corrected chi connectivity index (χ0v) is 12.2. The van der Waals surface area contributed by atoms with Crippen LogP contribution in [0.3, 0.4) is 0 Å². The first-order valence-corrected chi connectivity index (χ1v) is 8.05. The molecule has 0 bridgehead atoms. The molecular weight excluding hydrogens is 206 g/mol. The highest BCUT2D eigenvalue weighted by molar-refractivity contribution is 6.36. The first-order valence-electron chi connectivity index (χ1n) is 6.23. The lowest BCUT2D eigenvalue weighted by atomic mass is 10.5. The van der Waals surface area contributed by atoms with Crippen LogP contribution in [0.15, 0.2) is 0 Å². The minimum atomic E-state index is -0.244. The number of ether oxygens (including phenoxy) is 2. The third-order valence-electron chi connectivity index (χ3n) is 2.51. The van der Waals surface area contributed by atoms with Gasteiger partial charge >= 0.3 is 0 Å². The molecule has 15 heavy (non-hydrogen) atoms. The van der Waals surface area contributed by atoms with Gasteiger partial charge in [-0.15, -0.1) is 0 Å². The molecule has 92 valence electrons. The van der Waals surface area contributed by atoms with E-state index in [2.05, 4.69) is 18.7 Å². The molecule has 0 fully saturated rings. The van der Waals surface area contributed by atoms with Crippen LogP contribution in [0.2, 0.25) is 6.04 Å². The zero-order valence-electron chi connectivity index (χ0n) is 10.8. The van der Waals surface area contributed by atoms with Crippen molar-refractivity contribution in [2.45, 2.75) is 39.7 Å². The van der Waals surface area contributed by atoms with E-state index in [1.54, 1.807) is 0 Å². The van der Waals surface area contributed by atoms with E-state index in [1.165, 1.54) is 12.6 Å². The molecule has 0 saturated heterocycles. The zero-order chi connectivity index (χ0) is 11.5. The van der Waals surface area contributed by atoms with Gasteiger partial charge in [-0.2, -0.15) is 0 Å². The minimum absolute atomic E-state index is 0.135. The van der Waals surface area contributed by atoms with Gasteiger partial charge in [0.15, 0.2) is 0 Å². The average molecular weight is 233 g/mol. The average Bonchev–Trinajstić information content (AvgIpc) is 2.25. The third kappa shape index (κ3) is 7.96. The number of hydrogen-bond acceptors (Lipinski definition) is 3. The van der Waals surface area contributed by atoms with Crippen LogP contribution in [-0.4, -0.2) is 53.2 Å². The molecule has 0 saturated carbocycles. The van der Waals surface area contributed by atoms with Crippen molar-refractivity contribution in [3.63, 3.8) is 0 Å². The highest BCUT2D eigenvalue weighted by Gasteiger charge is 2.08. The lowest BCUT2D eigenvalue weighted by Gasteiger charge is -2.20. The molecule has 0 spiro atoms. The molecule has 0 aromatic heterocycles. The Morgan fingerprint density at radius 1 is 1.00 bits per heavy atom. The number of hydrogen-bond donors (Lipinski definition) is 0. The molecule has 0 aliphatic carbocycles. The molecule has 0 rings (SSSR count). The molecule has 0 heterocycles. The lowest BCUT2D eigenvalue weighted by molar-refractivity contribution is -0.0828. The summed E-state index contributed by atoms with van der Waals surface area (Å²) in [4.78, 5) is 2.46. The first-order chi connectivity index (χ1) is 7.28. The Balaban J connectivity index is 3.59. The molecule has 0 amide bonds. The quantitative estimate of drug-likeness (QED) is 0.419. The fraction of sp³-hybridized carbons (Fsp3) is 1.00. The van der Waals surface area contributed by atoms with Gasteiger partial charge in [-0.1, -0.05) is 13.8 Å². The summed E-state index contributed by atoms with van der Waals surface area (Å²) in [7, 11) is -0.244. The van der Waals surface area contributed by atoms with E-state index in [0.29, 0.717) is 0 Å². The molecule has 0 aliphatic heterocycles. The molecule has 0 unspecified atom stereocenters. The van der Waals surface area contributed by atoms with Crippen molar-refractivity contribution in [3.05, 3.63) is 0 Å². The summed E-state index contributed by atoms with van der Waals surface area (Å²) < 4.78 is 11.1. The standard InChI is InChI=1S/C11H27NO2Si/c1-5-12(6-2)9-10-15-11(13-7-3)14-8-4/h11H,5-10,15H2,1-4H3. The van der Waals surface area contributed by atoms with Crippen molar-refractivity contribution in [3.8, 4) is 0 Å². The van der Waals surface area contributed by atoms with Crippen LogP contribution in [0.5, 0.6) is 0 Å². The second kappa shape index (κ2) is 10.6. The van der Waals surface area contributed by atoms with Crippen LogP contribution in [0.25, 0.3) is 0 Å². The van der Waals surface area contributed by atoms with Crippen molar-refractivity contribution in [1.29, 1.82) is 0 Å². The molecule has 3 nitrogen and oxygen atoms in total. The highest BCUT2D eigenvalue weighted by atomic mass is 28.2. The molecule has 4 heteroatoms. The SMILES string of the molecule is CCOC(OCC)[SiH2]CCN(CC)CC. The molecule has 0 N–H and O–H groups in total. The summed E-state index contributed by atoms with van der Waals surface area (Å²) >= 11 is 0. The van der Waals surface area contributed by atoms with E-state index in [4.69, 9.17) is 9.47 Å². The molecule has 0 aliphatic rings. The maximum Gasteiger partial charge on any atom is 0.134 e. The van der Waals surface area contributed by atoms with Gasteiger partial charge in [-0.25, -0.2) is 0 Å². The molecule has 0 aromatic carbocycles. The predicted molar refractivity (Wildman–Crippen MR) is 68.2 cm³/mol. The van der Waals surface area contributed by atoms with Crippen molar-refractivity contribution in [2.75, 3.05) is 32.8 Å². The van der Waals surface area contributed by atoms with Crippen LogP contribution in [0.4, 0.5) is 0 Å². The Kier molecular flexibility index (Phi) is 10.7. The van der Waals surface area contributed by atoms with Gasteiger partial charge in [0.05, 0.1) is 9.52 Å². The Bertz CT molecular complexity index is 126. The second-order valence-electron chi connectivity index (χ2n) is 3.51.